The largest absolute Gasteiger partial charge is 0.378 e. The molecule has 1 aliphatic heterocycles. The van der Waals surface area contributed by atoms with Gasteiger partial charge in [0.25, 0.3) is 0 Å². The van der Waals surface area contributed by atoms with Crippen molar-refractivity contribution in [2.75, 3.05) is 6.61 Å². The lowest BCUT2D eigenvalue weighted by molar-refractivity contribution is 0.102. The Labute approximate surface area is 91.5 Å². The molecule has 0 bridgehead atoms. The molecule has 0 spiro atoms. The number of hydrogen-bond donors (Lipinski definition) is 0. The first-order chi connectivity index (χ1) is 6.84. The topological polar surface area (TPSA) is 9.23 Å². The Bertz CT molecular complexity index is 206. The van der Waals surface area contributed by atoms with Crippen LogP contribution in [0.5, 0.6) is 0 Å². The summed E-state index contributed by atoms with van der Waals surface area (Å²) < 4.78 is 5.59. The monoisotopic (exact) mass is 214 g/mol. The molecule has 2 unspecified atom stereocenters. The van der Waals surface area contributed by atoms with Gasteiger partial charge < -0.3 is 4.74 Å². The zero-order valence-corrected chi connectivity index (χ0v) is 9.43. The van der Waals surface area contributed by atoms with Crippen molar-refractivity contribution in [2.45, 2.75) is 56.4 Å². The molecule has 2 heteroatoms. The summed E-state index contributed by atoms with van der Waals surface area (Å²) in [5.74, 6) is 0. The predicted molar refractivity (Wildman–Crippen MR) is 59.8 cm³/mol. The van der Waals surface area contributed by atoms with Crippen molar-refractivity contribution < 1.29 is 4.74 Å². The van der Waals surface area contributed by atoms with E-state index in [0.29, 0.717) is 11.5 Å². The van der Waals surface area contributed by atoms with Crippen molar-refractivity contribution in [2.24, 2.45) is 0 Å². The van der Waals surface area contributed by atoms with E-state index in [1.165, 1.54) is 38.5 Å². The van der Waals surface area contributed by atoms with Crippen molar-refractivity contribution in [1.82, 2.24) is 0 Å². The van der Waals surface area contributed by atoms with Crippen LogP contribution in [0.2, 0.25) is 0 Å². The maximum Gasteiger partial charge on any atom is 0.0576 e. The van der Waals surface area contributed by atoms with Gasteiger partial charge in [0.2, 0.25) is 0 Å². The van der Waals surface area contributed by atoms with Crippen LogP contribution in [0.4, 0.5) is 0 Å². The minimum Gasteiger partial charge on any atom is -0.378 e. The van der Waals surface area contributed by atoms with E-state index in [4.69, 9.17) is 16.3 Å². The summed E-state index contributed by atoms with van der Waals surface area (Å²) in [7, 11) is 0. The molecule has 0 radical (unpaired) electrons. The van der Waals surface area contributed by atoms with Gasteiger partial charge in [0.15, 0.2) is 0 Å². The van der Waals surface area contributed by atoms with E-state index in [2.05, 4.69) is 6.08 Å². The summed E-state index contributed by atoms with van der Waals surface area (Å²) >= 11 is 6.01. The first-order valence-corrected chi connectivity index (χ1v) is 6.23. The minimum atomic E-state index is 0.313. The number of alkyl halides is 1. The van der Waals surface area contributed by atoms with E-state index in [9.17, 15) is 0 Å². The molecule has 2 atom stereocenters. The second-order valence-corrected chi connectivity index (χ2v) is 4.97. The molecule has 0 aromatic rings. The molecule has 1 aliphatic carbocycles. The highest BCUT2D eigenvalue weighted by atomic mass is 35.5. The van der Waals surface area contributed by atoms with Crippen molar-refractivity contribution in [3.05, 3.63) is 11.6 Å². The molecule has 0 N–H and O–H groups in total. The van der Waals surface area contributed by atoms with E-state index in [-0.39, 0.29) is 0 Å². The number of hydrogen-bond acceptors (Lipinski definition) is 1. The van der Waals surface area contributed by atoms with E-state index >= 15 is 0 Å². The van der Waals surface area contributed by atoms with Crippen LogP contribution in [0.3, 0.4) is 0 Å². The number of ether oxygens (including phenoxy) is 1. The summed E-state index contributed by atoms with van der Waals surface area (Å²) in [6, 6.07) is 0. The van der Waals surface area contributed by atoms with E-state index in [1.54, 1.807) is 5.57 Å². The summed E-state index contributed by atoms with van der Waals surface area (Å²) in [5.41, 5.74) is 1.57. The van der Waals surface area contributed by atoms with Crippen LogP contribution in [0.25, 0.3) is 0 Å². The molecule has 0 amide bonds. The third-order valence-corrected chi connectivity index (χ3v) is 3.55. The fourth-order valence-electron chi connectivity index (χ4n) is 2.38. The summed E-state index contributed by atoms with van der Waals surface area (Å²) in [6.07, 6.45) is 11.5. The molecule has 2 aliphatic rings. The first-order valence-electron chi connectivity index (χ1n) is 5.80. The van der Waals surface area contributed by atoms with Crippen molar-refractivity contribution in [3.8, 4) is 0 Å². The van der Waals surface area contributed by atoms with E-state index in [1.807, 2.05) is 0 Å². The lowest BCUT2D eigenvalue weighted by Crippen LogP contribution is -2.03. The van der Waals surface area contributed by atoms with Crippen LogP contribution in [-0.2, 0) is 4.74 Å². The second kappa shape index (κ2) is 5.18. The van der Waals surface area contributed by atoms with Gasteiger partial charge in [-0.1, -0.05) is 11.6 Å². The summed E-state index contributed by atoms with van der Waals surface area (Å²) in [6.45, 7) is 0.983. The third kappa shape index (κ3) is 2.99. The van der Waals surface area contributed by atoms with Gasteiger partial charge in [0.1, 0.15) is 0 Å². The lowest BCUT2D eigenvalue weighted by Gasteiger charge is -2.08. The Morgan fingerprint density at radius 2 is 2.36 bits per heavy atom. The van der Waals surface area contributed by atoms with Crippen LogP contribution in [0.15, 0.2) is 11.6 Å². The van der Waals surface area contributed by atoms with Crippen LogP contribution < -0.4 is 0 Å². The molecular weight excluding hydrogens is 196 g/mol. The van der Waals surface area contributed by atoms with Gasteiger partial charge >= 0.3 is 0 Å². The minimum absolute atomic E-state index is 0.313. The van der Waals surface area contributed by atoms with Crippen LogP contribution in [0, 0.1) is 0 Å². The third-order valence-electron chi connectivity index (χ3n) is 3.21. The van der Waals surface area contributed by atoms with Crippen LogP contribution in [-0.4, -0.2) is 18.1 Å². The predicted octanol–water partition coefficient (Wildman–Crippen LogP) is 3.66. The van der Waals surface area contributed by atoms with Crippen LogP contribution >= 0.6 is 11.6 Å². The van der Waals surface area contributed by atoms with Gasteiger partial charge in [-0.3, -0.25) is 0 Å². The quantitative estimate of drug-likeness (QED) is 0.513. The SMILES string of the molecule is ClC1C=C(CCCC2CCCO2)CC1. The van der Waals surface area contributed by atoms with Gasteiger partial charge in [-0.15, -0.1) is 11.6 Å². The smallest absolute Gasteiger partial charge is 0.0576 e. The number of rotatable bonds is 4. The number of allylic oxidation sites excluding steroid dienone is 2. The van der Waals surface area contributed by atoms with Gasteiger partial charge in [0, 0.05) is 6.61 Å². The van der Waals surface area contributed by atoms with Gasteiger partial charge in [-0.05, 0) is 44.9 Å². The Kier molecular flexibility index (Phi) is 3.89. The number of halogens is 1. The van der Waals surface area contributed by atoms with Crippen LogP contribution in [0.1, 0.15) is 44.9 Å². The Hall–Kier alpha value is -0.0100. The molecule has 1 nitrogen and oxygen atoms in total. The molecule has 0 aromatic carbocycles. The first kappa shape index (κ1) is 10.5. The molecule has 1 heterocycles. The lowest BCUT2D eigenvalue weighted by atomic mass is 10.0. The molecule has 2 rings (SSSR count). The Morgan fingerprint density at radius 3 is 3.00 bits per heavy atom. The molecule has 1 saturated heterocycles. The Balaban J connectivity index is 1.60. The van der Waals surface area contributed by atoms with Crippen molar-refractivity contribution in [1.29, 1.82) is 0 Å². The molecule has 80 valence electrons. The fraction of sp³-hybridized carbons (Fsp3) is 0.833. The standard InChI is InChI=1S/C12H19ClO/c13-11-7-6-10(9-11)3-1-4-12-5-2-8-14-12/h9,11-12H,1-8H2. The molecule has 14 heavy (non-hydrogen) atoms. The summed E-state index contributed by atoms with van der Waals surface area (Å²) in [4.78, 5) is 0. The maximum absolute atomic E-state index is 6.01. The fourth-order valence-corrected chi connectivity index (χ4v) is 2.67. The summed E-state index contributed by atoms with van der Waals surface area (Å²) in [5, 5.41) is 0.313. The molecule has 0 aromatic heterocycles. The normalized spacial score (nSPS) is 32.2. The van der Waals surface area contributed by atoms with Gasteiger partial charge in [-0.25, -0.2) is 0 Å². The highest BCUT2D eigenvalue weighted by Gasteiger charge is 2.16. The van der Waals surface area contributed by atoms with E-state index in [0.717, 1.165) is 13.0 Å². The molecule has 1 fully saturated rings. The highest BCUT2D eigenvalue weighted by molar-refractivity contribution is 6.22. The van der Waals surface area contributed by atoms with E-state index < -0.39 is 0 Å². The highest BCUT2D eigenvalue weighted by Crippen LogP contribution is 2.27. The molecule has 0 saturated carbocycles. The van der Waals surface area contributed by atoms with Gasteiger partial charge in [0.05, 0.1) is 11.5 Å². The zero-order valence-electron chi connectivity index (χ0n) is 8.68. The zero-order chi connectivity index (χ0) is 9.80. The van der Waals surface area contributed by atoms with Gasteiger partial charge in [-0.2, -0.15) is 0 Å². The maximum atomic E-state index is 6.01. The Morgan fingerprint density at radius 1 is 1.43 bits per heavy atom. The average molecular weight is 215 g/mol. The average Bonchev–Trinajstić information content (AvgIpc) is 2.77. The molecular formula is C12H19ClO. The van der Waals surface area contributed by atoms with Crippen molar-refractivity contribution >= 4 is 11.6 Å². The second-order valence-electron chi connectivity index (χ2n) is 4.41. The van der Waals surface area contributed by atoms with Crippen molar-refractivity contribution in [3.63, 3.8) is 0 Å².